The van der Waals surface area contributed by atoms with E-state index in [1.807, 2.05) is 6.92 Å². The Morgan fingerprint density at radius 2 is 2.00 bits per heavy atom. The van der Waals surface area contributed by atoms with Crippen LogP contribution in [0.3, 0.4) is 0 Å². The number of nitrogens with zero attached hydrogens (tertiary/aromatic N) is 6. The molecule has 0 spiro atoms. The fourth-order valence-corrected chi connectivity index (χ4v) is 3.22. The Hall–Kier alpha value is -3.00. The fraction of sp³-hybridized carbons (Fsp3) is 0.176. The van der Waals surface area contributed by atoms with Crippen LogP contribution in [0.5, 0.6) is 0 Å². The smallest absolute Gasteiger partial charge is 0.156 e. The zero-order chi connectivity index (χ0) is 18.4. The van der Waals surface area contributed by atoms with Crippen molar-refractivity contribution in [3.8, 4) is 22.5 Å². The van der Waals surface area contributed by atoms with E-state index in [1.54, 1.807) is 41.6 Å². The van der Waals surface area contributed by atoms with Crippen molar-refractivity contribution in [1.29, 1.82) is 0 Å². The van der Waals surface area contributed by atoms with Crippen molar-refractivity contribution in [2.75, 3.05) is 12.4 Å². The topological polar surface area (TPSA) is 72.9 Å². The van der Waals surface area contributed by atoms with Crippen LogP contribution in [-0.2, 0) is 7.05 Å². The zero-order valence-corrected chi connectivity index (χ0v) is 15.1. The van der Waals surface area contributed by atoms with Crippen LogP contribution in [0.15, 0.2) is 30.7 Å². The van der Waals surface area contributed by atoms with Crippen molar-refractivity contribution in [3.63, 3.8) is 0 Å². The third-order valence-electron chi connectivity index (χ3n) is 4.21. The van der Waals surface area contributed by atoms with Gasteiger partial charge in [-0.05, 0) is 25.1 Å². The molecule has 7 nitrogen and oxygen atoms in total. The van der Waals surface area contributed by atoms with Gasteiger partial charge < -0.3 is 5.32 Å². The summed E-state index contributed by atoms with van der Waals surface area (Å²) in [7, 11) is 3.53. The summed E-state index contributed by atoms with van der Waals surface area (Å²) in [5.74, 6) is 0.898. The largest absolute Gasteiger partial charge is 0.371 e. The SMILES string of the molecule is CNc1ncnn2c(C)nc(-c3cnn(C)c3-c3ccc(Cl)cc3F)c12. The highest BCUT2D eigenvalue weighted by molar-refractivity contribution is 6.30. The summed E-state index contributed by atoms with van der Waals surface area (Å²) >= 11 is 5.89. The van der Waals surface area contributed by atoms with Crippen molar-refractivity contribution in [1.82, 2.24) is 29.4 Å². The number of aromatic nitrogens is 6. The van der Waals surface area contributed by atoms with Gasteiger partial charge in [0.25, 0.3) is 0 Å². The molecule has 4 rings (SSSR count). The number of hydrogen-bond donors (Lipinski definition) is 1. The molecule has 9 heteroatoms. The summed E-state index contributed by atoms with van der Waals surface area (Å²) in [5, 5.41) is 12.0. The molecule has 0 amide bonds. The molecule has 0 aliphatic heterocycles. The summed E-state index contributed by atoms with van der Waals surface area (Å²) in [6.07, 6.45) is 3.12. The molecule has 0 atom stereocenters. The van der Waals surface area contributed by atoms with Gasteiger partial charge in [0, 0.05) is 30.2 Å². The van der Waals surface area contributed by atoms with Gasteiger partial charge in [0.15, 0.2) is 5.82 Å². The van der Waals surface area contributed by atoms with E-state index in [-0.39, 0.29) is 0 Å². The first-order valence-electron chi connectivity index (χ1n) is 7.87. The number of fused-ring (bicyclic) bond motifs is 1. The highest BCUT2D eigenvalue weighted by Crippen LogP contribution is 2.36. The predicted octanol–water partition coefficient (Wildman–Crippen LogP) is 3.33. The van der Waals surface area contributed by atoms with Gasteiger partial charge in [0.05, 0.1) is 11.9 Å². The molecular weight excluding hydrogens is 357 g/mol. The number of nitrogens with one attached hydrogen (secondary N) is 1. The molecule has 1 aromatic carbocycles. The number of rotatable bonds is 3. The van der Waals surface area contributed by atoms with Crippen molar-refractivity contribution in [2.45, 2.75) is 6.92 Å². The molecule has 0 fully saturated rings. The van der Waals surface area contributed by atoms with Crippen LogP contribution >= 0.6 is 11.6 Å². The lowest BCUT2D eigenvalue weighted by atomic mass is 10.0. The molecule has 4 aromatic rings. The summed E-state index contributed by atoms with van der Waals surface area (Å²) < 4.78 is 17.9. The van der Waals surface area contributed by atoms with E-state index in [4.69, 9.17) is 11.6 Å². The highest BCUT2D eigenvalue weighted by atomic mass is 35.5. The Morgan fingerprint density at radius 3 is 2.73 bits per heavy atom. The quantitative estimate of drug-likeness (QED) is 0.598. The number of halogens is 2. The van der Waals surface area contributed by atoms with Crippen molar-refractivity contribution >= 4 is 22.9 Å². The molecule has 0 unspecified atom stereocenters. The molecular formula is C17H15ClFN7. The molecule has 0 aliphatic carbocycles. The molecule has 26 heavy (non-hydrogen) atoms. The average Bonchev–Trinajstić information content (AvgIpc) is 3.15. The first kappa shape index (κ1) is 16.5. The second-order valence-corrected chi connectivity index (χ2v) is 6.22. The van der Waals surface area contributed by atoms with Crippen LogP contribution in [0.25, 0.3) is 28.0 Å². The van der Waals surface area contributed by atoms with Gasteiger partial charge >= 0.3 is 0 Å². The second kappa shape index (κ2) is 6.06. The van der Waals surface area contributed by atoms with Gasteiger partial charge in [-0.15, -0.1) is 0 Å². The molecule has 3 aromatic heterocycles. The Kier molecular flexibility index (Phi) is 3.84. The van der Waals surface area contributed by atoms with Crippen molar-refractivity contribution in [3.05, 3.63) is 47.4 Å². The first-order valence-corrected chi connectivity index (χ1v) is 8.25. The van der Waals surface area contributed by atoms with E-state index in [0.29, 0.717) is 44.7 Å². The van der Waals surface area contributed by atoms with E-state index < -0.39 is 5.82 Å². The minimum Gasteiger partial charge on any atom is -0.371 e. The number of aryl methyl sites for hydroxylation is 2. The maximum absolute atomic E-state index is 14.6. The average molecular weight is 372 g/mol. The van der Waals surface area contributed by atoms with E-state index >= 15 is 0 Å². The number of anilines is 1. The number of benzene rings is 1. The third kappa shape index (κ3) is 2.41. The number of hydrogen-bond acceptors (Lipinski definition) is 5. The Morgan fingerprint density at radius 1 is 1.19 bits per heavy atom. The lowest BCUT2D eigenvalue weighted by molar-refractivity contribution is 0.628. The normalized spacial score (nSPS) is 11.3. The van der Waals surface area contributed by atoms with E-state index in [0.717, 1.165) is 0 Å². The minimum atomic E-state index is -0.423. The van der Waals surface area contributed by atoms with Crippen molar-refractivity contribution < 1.29 is 4.39 Å². The van der Waals surface area contributed by atoms with E-state index in [1.165, 1.54) is 12.4 Å². The van der Waals surface area contributed by atoms with Gasteiger partial charge in [-0.1, -0.05) is 11.6 Å². The molecule has 0 aliphatic rings. The van der Waals surface area contributed by atoms with Crippen LogP contribution in [0.4, 0.5) is 10.2 Å². The van der Waals surface area contributed by atoms with Crippen molar-refractivity contribution in [2.24, 2.45) is 7.05 Å². The maximum atomic E-state index is 14.6. The summed E-state index contributed by atoms with van der Waals surface area (Å²) in [6, 6.07) is 4.57. The zero-order valence-electron chi connectivity index (χ0n) is 14.3. The van der Waals surface area contributed by atoms with Gasteiger partial charge in [-0.3, -0.25) is 4.68 Å². The van der Waals surface area contributed by atoms with Crippen LogP contribution in [0.1, 0.15) is 5.82 Å². The van der Waals surface area contributed by atoms with Crippen LogP contribution < -0.4 is 5.32 Å². The lowest BCUT2D eigenvalue weighted by Gasteiger charge is -2.08. The Labute approximate surface area is 153 Å². The summed E-state index contributed by atoms with van der Waals surface area (Å²) in [4.78, 5) is 8.90. The first-order chi connectivity index (χ1) is 12.5. The molecule has 1 N–H and O–H groups in total. The standard InChI is InChI=1S/C17H15ClFN7/c1-9-24-14(16-17(20-2)21-8-23-26(9)16)12-7-22-25(3)15(12)11-5-4-10(18)6-13(11)19/h4-8H,1-3H3,(H,20,21,23). The van der Waals surface area contributed by atoms with E-state index in [2.05, 4.69) is 25.5 Å². The fourth-order valence-electron chi connectivity index (χ4n) is 3.06. The van der Waals surface area contributed by atoms with Crippen LogP contribution in [0, 0.1) is 12.7 Å². The van der Waals surface area contributed by atoms with Gasteiger partial charge in [0.2, 0.25) is 0 Å². The molecule has 0 radical (unpaired) electrons. The number of imidazole rings is 1. The molecule has 132 valence electrons. The lowest BCUT2D eigenvalue weighted by Crippen LogP contribution is -2.01. The molecule has 0 saturated heterocycles. The second-order valence-electron chi connectivity index (χ2n) is 5.78. The summed E-state index contributed by atoms with van der Waals surface area (Å²) in [5.41, 5.74) is 3.02. The molecule has 0 saturated carbocycles. The highest BCUT2D eigenvalue weighted by Gasteiger charge is 2.23. The maximum Gasteiger partial charge on any atom is 0.156 e. The van der Waals surface area contributed by atoms with Gasteiger partial charge in [0.1, 0.15) is 29.2 Å². The van der Waals surface area contributed by atoms with Crippen LogP contribution in [-0.4, -0.2) is 36.4 Å². The summed E-state index contributed by atoms with van der Waals surface area (Å²) in [6.45, 7) is 1.85. The van der Waals surface area contributed by atoms with Gasteiger partial charge in [-0.25, -0.2) is 18.9 Å². The predicted molar refractivity (Wildman–Crippen MR) is 97.7 cm³/mol. The minimum absolute atomic E-state index is 0.337. The molecule has 3 heterocycles. The van der Waals surface area contributed by atoms with Gasteiger partial charge in [-0.2, -0.15) is 10.2 Å². The third-order valence-corrected chi connectivity index (χ3v) is 4.45. The Bertz CT molecular complexity index is 1130. The van der Waals surface area contributed by atoms with E-state index in [9.17, 15) is 4.39 Å². The van der Waals surface area contributed by atoms with Crippen LogP contribution in [0.2, 0.25) is 5.02 Å². The molecule has 0 bridgehead atoms. The monoisotopic (exact) mass is 371 g/mol. The Balaban J connectivity index is 2.04.